The summed E-state index contributed by atoms with van der Waals surface area (Å²) in [6.07, 6.45) is 0. The van der Waals surface area contributed by atoms with Gasteiger partial charge in [0, 0.05) is 23.3 Å². The molecule has 4 aromatic rings. The molecule has 2 heterocycles. The van der Waals surface area contributed by atoms with E-state index < -0.39 is 0 Å². The molecular formula is C18H15ClN4O2S. The van der Waals surface area contributed by atoms with E-state index in [9.17, 15) is 0 Å². The van der Waals surface area contributed by atoms with E-state index in [0.717, 1.165) is 26.8 Å². The Morgan fingerprint density at radius 1 is 1.08 bits per heavy atom. The fraction of sp³-hybridized carbons (Fsp3) is 0.167. The summed E-state index contributed by atoms with van der Waals surface area (Å²) in [5.41, 5.74) is 1.91. The van der Waals surface area contributed by atoms with Gasteiger partial charge in [-0.3, -0.25) is 0 Å². The second-order valence-electron chi connectivity index (χ2n) is 5.56. The number of nitrogens with zero attached hydrogens (tertiary/aromatic N) is 4. The van der Waals surface area contributed by atoms with Crippen LogP contribution >= 0.6 is 22.9 Å². The van der Waals surface area contributed by atoms with E-state index in [1.165, 1.54) is 11.3 Å². The zero-order valence-electron chi connectivity index (χ0n) is 13.9. The molecule has 0 fully saturated rings. The third-order valence-corrected chi connectivity index (χ3v) is 5.08. The van der Waals surface area contributed by atoms with Crippen molar-refractivity contribution in [2.24, 2.45) is 0 Å². The van der Waals surface area contributed by atoms with Crippen LogP contribution < -0.4 is 4.74 Å². The summed E-state index contributed by atoms with van der Waals surface area (Å²) in [6.45, 7) is 0.775. The molecule has 6 nitrogen and oxygen atoms in total. The summed E-state index contributed by atoms with van der Waals surface area (Å²) in [5, 5.41) is 14.3. The van der Waals surface area contributed by atoms with Crippen LogP contribution in [-0.4, -0.2) is 26.9 Å². The molecule has 0 N–H and O–H groups in total. The normalized spacial score (nSPS) is 11.2. The van der Waals surface area contributed by atoms with Crippen molar-refractivity contribution in [3.8, 4) is 16.3 Å². The monoisotopic (exact) mass is 386 g/mol. The maximum atomic E-state index is 6.18. The largest absolute Gasteiger partial charge is 0.489 e. The van der Waals surface area contributed by atoms with Gasteiger partial charge in [-0.2, -0.15) is 9.61 Å². The Morgan fingerprint density at radius 2 is 1.96 bits per heavy atom. The summed E-state index contributed by atoms with van der Waals surface area (Å²) in [4.78, 5) is 0.731. The minimum Gasteiger partial charge on any atom is -0.489 e. The number of hydrogen-bond acceptors (Lipinski definition) is 6. The van der Waals surface area contributed by atoms with Gasteiger partial charge < -0.3 is 9.47 Å². The lowest BCUT2D eigenvalue weighted by atomic mass is 10.2. The highest BCUT2D eigenvalue weighted by Crippen LogP contribution is 2.29. The number of hydrogen-bond donors (Lipinski definition) is 0. The zero-order valence-corrected chi connectivity index (χ0v) is 15.5. The van der Waals surface area contributed by atoms with Crippen LogP contribution in [0.25, 0.3) is 15.5 Å². The Kier molecular flexibility index (Phi) is 4.83. The third kappa shape index (κ3) is 3.41. The van der Waals surface area contributed by atoms with E-state index in [1.807, 2.05) is 48.5 Å². The lowest BCUT2D eigenvalue weighted by molar-refractivity contribution is 0.176. The first kappa shape index (κ1) is 17.0. The average molecular weight is 387 g/mol. The van der Waals surface area contributed by atoms with Gasteiger partial charge in [-0.15, -0.1) is 10.2 Å². The highest BCUT2D eigenvalue weighted by Gasteiger charge is 2.13. The second kappa shape index (κ2) is 7.41. The maximum absolute atomic E-state index is 6.18. The van der Waals surface area contributed by atoms with E-state index in [2.05, 4.69) is 15.3 Å². The molecule has 2 aromatic heterocycles. The SMILES string of the molecule is COCc1nnc2sc(-c3cccc(OCc4ccccc4Cl)c3)nn12. The van der Waals surface area contributed by atoms with Crippen molar-refractivity contribution in [1.82, 2.24) is 19.8 Å². The fourth-order valence-electron chi connectivity index (χ4n) is 2.49. The molecule has 8 heteroatoms. The highest BCUT2D eigenvalue weighted by molar-refractivity contribution is 7.19. The first-order valence-corrected chi connectivity index (χ1v) is 9.11. The van der Waals surface area contributed by atoms with Gasteiger partial charge in [-0.1, -0.05) is 53.3 Å². The number of methoxy groups -OCH3 is 1. The van der Waals surface area contributed by atoms with Gasteiger partial charge in [0.2, 0.25) is 4.96 Å². The predicted molar refractivity (Wildman–Crippen MR) is 101 cm³/mol. The van der Waals surface area contributed by atoms with Gasteiger partial charge in [-0.05, 0) is 18.2 Å². The van der Waals surface area contributed by atoms with Crippen molar-refractivity contribution >= 4 is 27.9 Å². The molecule has 26 heavy (non-hydrogen) atoms. The molecule has 0 aliphatic carbocycles. The summed E-state index contributed by atoms with van der Waals surface area (Å²) in [5.74, 6) is 1.43. The van der Waals surface area contributed by atoms with Crippen molar-refractivity contribution in [2.75, 3.05) is 7.11 Å². The standard InChI is InChI=1S/C18H15ClN4O2S/c1-24-11-16-20-21-18-23(16)22-17(26-18)12-6-4-7-14(9-12)25-10-13-5-2-3-8-15(13)19/h2-9H,10-11H2,1H3. The summed E-state index contributed by atoms with van der Waals surface area (Å²) in [7, 11) is 1.62. The first-order chi connectivity index (χ1) is 12.7. The Labute approximate surface area is 159 Å². The molecule has 2 aromatic carbocycles. The van der Waals surface area contributed by atoms with Crippen LogP contribution in [0, 0.1) is 0 Å². The molecule has 0 unspecified atom stereocenters. The molecule has 0 bridgehead atoms. The van der Waals surface area contributed by atoms with Crippen molar-refractivity contribution in [1.29, 1.82) is 0 Å². The van der Waals surface area contributed by atoms with Crippen LogP contribution in [-0.2, 0) is 18.0 Å². The van der Waals surface area contributed by atoms with Gasteiger partial charge in [0.05, 0.1) is 0 Å². The molecule has 132 valence electrons. The third-order valence-electron chi connectivity index (χ3n) is 3.76. The Balaban J connectivity index is 1.56. The number of aromatic nitrogens is 4. The van der Waals surface area contributed by atoms with Gasteiger partial charge in [0.1, 0.15) is 24.0 Å². The summed E-state index contributed by atoms with van der Waals surface area (Å²) in [6, 6.07) is 15.4. The van der Waals surface area contributed by atoms with E-state index in [4.69, 9.17) is 21.1 Å². The smallest absolute Gasteiger partial charge is 0.235 e. The Bertz CT molecular complexity index is 1050. The minimum atomic E-state index is 0.366. The van der Waals surface area contributed by atoms with Crippen LogP contribution in [0.2, 0.25) is 5.02 Å². The van der Waals surface area contributed by atoms with Crippen molar-refractivity contribution < 1.29 is 9.47 Å². The Morgan fingerprint density at radius 3 is 2.81 bits per heavy atom. The van der Waals surface area contributed by atoms with Gasteiger partial charge in [0.25, 0.3) is 0 Å². The molecule has 0 atom stereocenters. The van der Waals surface area contributed by atoms with Crippen molar-refractivity contribution in [3.05, 3.63) is 64.9 Å². The number of ether oxygens (including phenoxy) is 2. The van der Waals surface area contributed by atoms with Crippen LogP contribution in [0.3, 0.4) is 0 Å². The Hall–Kier alpha value is -2.48. The maximum Gasteiger partial charge on any atom is 0.235 e. The number of halogens is 1. The quantitative estimate of drug-likeness (QED) is 0.496. The zero-order chi connectivity index (χ0) is 17.9. The predicted octanol–water partition coefficient (Wildman–Crippen LogP) is 4.23. The van der Waals surface area contributed by atoms with E-state index in [0.29, 0.717) is 24.1 Å². The fourth-order valence-corrected chi connectivity index (χ4v) is 3.53. The van der Waals surface area contributed by atoms with Crippen LogP contribution in [0.15, 0.2) is 48.5 Å². The molecule has 4 rings (SSSR count). The lowest BCUT2D eigenvalue weighted by Crippen LogP contribution is -1.98. The van der Waals surface area contributed by atoms with Crippen molar-refractivity contribution in [2.45, 2.75) is 13.2 Å². The van der Waals surface area contributed by atoms with Gasteiger partial charge >= 0.3 is 0 Å². The van der Waals surface area contributed by atoms with Gasteiger partial charge in [-0.25, -0.2) is 0 Å². The summed E-state index contributed by atoms with van der Waals surface area (Å²) >= 11 is 7.65. The second-order valence-corrected chi connectivity index (χ2v) is 6.92. The summed E-state index contributed by atoms with van der Waals surface area (Å²) < 4.78 is 12.7. The molecule has 0 radical (unpaired) electrons. The van der Waals surface area contributed by atoms with Crippen molar-refractivity contribution in [3.63, 3.8) is 0 Å². The molecule has 0 saturated carbocycles. The topological polar surface area (TPSA) is 61.5 Å². The highest BCUT2D eigenvalue weighted by atomic mass is 35.5. The number of fused-ring (bicyclic) bond motifs is 1. The molecule has 0 saturated heterocycles. The average Bonchev–Trinajstić information content (AvgIpc) is 3.24. The molecule has 0 aliphatic rings. The van der Waals surface area contributed by atoms with Gasteiger partial charge in [0.15, 0.2) is 5.82 Å². The molecule has 0 spiro atoms. The molecule has 0 amide bonds. The minimum absolute atomic E-state index is 0.366. The first-order valence-electron chi connectivity index (χ1n) is 7.91. The van der Waals surface area contributed by atoms with E-state index in [-0.39, 0.29) is 0 Å². The van der Waals surface area contributed by atoms with Crippen LogP contribution in [0.1, 0.15) is 11.4 Å². The van der Waals surface area contributed by atoms with Crippen LogP contribution in [0.4, 0.5) is 0 Å². The lowest BCUT2D eigenvalue weighted by Gasteiger charge is -2.08. The number of benzene rings is 2. The number of rotatable bonds is 6. The molecular weight excluding hydrogens is 372 g/mol. The van der Waals surface area contributed by atoms with E-state index >= 15 is 0 Å². The van der Waals surface area contributed by atoms with E-state index in [1.54, 1.807) is 11.6 Å². The van der Waals surface area contributed by atoms with Crippen LogP contribution in [0.5, 0.6) is 5.75 Å². The molecule has 0 aliphatic heterocycles.